The summed E-state index contributed by atoms with van der Waals surface area (Å²) in [6.45, 7) is 5.50. The summed E-state index contributed by atoms with van der Waals surface area (Å²) >= 11 is 1.03. The van der Waals surface area contributed by atoms with Crippen LogP contribution in [0.3, 0.4) is 0 Å². The van der Waals surface area contributed by atoms with Gasteiger partial charge in [-0.1, -0.05) is 28.8 Å². The van der Waals surface area contributed by atoms with Crippen LogP contribution in [0.15, 0.2) is 54.2 Å². The number of amides is 2. The number of carbonyl (C=O) groups excluding carboxylic acids is 2. The van der Waals surface area contributed by atoms with Crippen molar-refractivity contribution in [2.75, 3.05) is 0 Å². The third kappa shape index (κ3) is 5.24. The summed E-state index contributed by atoms with van der Waals surface area (Å²) in [6, 6.07) is 8.25. The van der Waals surface area contributed by atoms with Crippen LogP contribution in [0.2, 0.25) is 0 Å². The molecule has 30 heavy (non-hydrogen) atoms. The lowest BCUT2D eigenvalue weighted by Gasteiger charge is -2.33. The van der Waals surface area contributed by atoms with Gasteiger partial charge in [-0.25, -0.2) is 4.39 Å². The third-order valence-corrected chi connectivity index (χ3v) is 4.68. The summed E-state index contributed by atoms with van der Waals surface area (Å²) in [6.07, 6.45) is 3.21. The molecule has 0 aliphatic heterocycles. The monoisotopic (exact) mass is 427 g/mol. The zero-order chi connectivity index (χ0) is 21.7. The van der Waals surface area contributed by atoms with Crippen molar-refractivity contribution in [3.63, 3.8) is 0 Å². The summed E-state index contributed by atoms with van der Waals surface area (Å²) in [5.74, 6) is -1.59. The highest BCUT2D eigenvalue weighted by molar-refractivity contribution is 7.03. The Morgan fingerprint density at radius 2 is 1.97 bits per heavy atom. The maximum atomic E-state index is 14.8. The van der Waals surface area contributed by atoms with Crippen LogP contribution >= 0.6 is 11.5 Å². The Hall–Kier alpha value is -3.20. The normalized spacial score (nSPS) is 12.3. The molecule has 0 aliphatic rings. The van der Waals surface area contributed by atoms with E-state index >= 15 is 0 Å². The van der Waals surface area contributed by atoms with Crippen molar-refractivity contribution in [1.29, 1.82) is 0 Å². The van der Waals surface area contributed by atoms with Crippen LogP contribution in [0.4, 0.5) is 4.39 Å². The number of nitrogens with zero attached hydrogens (tertiary/aromatic N) is 4. The maximum Gasteiger partial charge on any atom is 0.276 e. The second-order valence-corrected chi connectivity index (χ2v) is 8.36. The second-order valence-electron chi connectivity index (χ2n) is 7.75. The van der Waals surface area contributed by atoms with Gasteiger partial charge >= 0.3 is 0 Å². The molecule has 0 saturated carbocycles. The van der Waals surface area contributed by atoms with E-state index in [0.717, 1.165) is 11.5 Å². The van der Waals surface area contributed by atoms with E-state index in [9.17, 15) is 14.0 Å². The van der Waals surface area contributed by atoms with Crippen molar-refractivity contribution in [2.45, 2.75) is 38.9 Å². The minimum atomic E-state index is -1.21. The Bertz CT molecular complexity index is 1010. The predicted octanol–water partition coefficient (Wildman–Crippen LogP) is 3.37. The van der Waals surface area contributed by atoms with Crippen molar-refractivity contribution in [3.05, 3.63) is 76.8 Å². The first kappa shape index (κ1) is 21.5. The Morgan fingerprint density at radius 3 is 2.57 bits per heavy atom. The van der Waals surface area contributed by atoms with Gasteiger partial charge in [0.1, 0.15) is 11.9 Å². The molecular weight excluding hydrogens is 405 g/mol. The van der Waals surface area contributed by atoms with Crippen molar-refractivity contribution in [3.8, 4) is 0 Å². The first-order chi connectivity index (χ1) is 14.3. The van der Waals surface area contributed by atoms with E-state index in [-0.39, 0.29) is 17.8 Å². The van der Waals surface area contributed by atoms with Gasteiger partial charge < -0.3 is 10.2 Å². The minimum absolute atomic E-state index is 0.0424. The zero-order valence-corrected chi connectivity index (χ0v) is 17.7. The van der Waals surface area contributed by atoms with E-state index in [4.69, 9.17) is 0 Å². The van der Waals surface area contributed by atoms with Crippen molar-refractivity contribution >= 4 is 23.3 Å². The number of nitrogens with one attached hydrogen (secondary N) is 1. The summed E-state index contributed by atoms with van der Waals surface area (Å²) in [5.41, 5.74) is 0.304. The van der Waals surface area contributed by atoms with Gasteiger partial charge in [0.05, 0.1) is 0 Å². The Kier molecular flexibility index (Phi) is 6.51. The predicted molar refractivity (Wildman–Crippen MR) is 111 cm³/mol. The molecule has 0 bridgehead atoms. The topological polar surface area (TPSA) is 88.1 Å². The lowest BCUT2D eigenvalue weighted by molar-refractivity contribution is -0.127. The van der Waals surface area contributed by atoms with Gasteiger partial charge in [0.2, 0.25) is 5.91 Å². The molecule has 1 atom stereocenters. The average Bonchev–Trinajstić information content (AvgIpc) is 3.22. The van der Waals surface area contributed by atoms with Gasteiger partial charge in [-0.2, -0.15) is 0 Å². The molecule has 0 fully saturated rings. The van der Waals surface area contributed by atoms with Gasteiger partial charge in [-0.05, 0) is 50.0 Å². The minimum Gasteiger partial charge on any atom is -0.349 e. The smallest absolute Gasteiger partial charge is 0.276 e. The number of carbonyl (C=O) groups is 2. The summed E-state index contributed by atoms with van der Waals surface area (Å²) in [4.78, 5) is 32.0. The van der Waals surface area contributed by atoms with Crippen LogP contribution in [-0.2, 0) is 11.3 Å². The van der Waals surface area contributed by atoms with Crippen molar-refractivity contribution in [1.82, 2.24) is 24.8 Å². The molecule has 0 saturated heterocycles. The van der Waals surface area contributed by atoms with Crippen LogP contribution in [0, 0.1) is 5.82 Å². The number of aromatic nitrogens is 3. The van der Waals surface area contributed by atoms with E-state index in [1.165, 1.54) is 28.5 Å². The quantitative estimate of drug-likeness (QED) is 0.652. The Morgan fingerprint density at radius 1 is 1.20 bits per heavy atom. The standard InChI is InChI=1S/C21H22FN5O2S/c1-21(2,3)24-19(28)18(15-8-4-5-9-16(15)22)27(12-14-7-6-10-23-11-14)20(29)17-13-30-26-25-17/h4-11,13,18H,12H2,1-3H3,(H,24,28)/t18-/m1/s1. The molecule has 2 aromatic heterocycles. The molecule has 1 aromatic carbocycles. The summed E-state index contributed by atoms with van der Waals surface area (Å²) in [7, 11) is 0. The highest BCUT2D eigenvalue weighted by Crippen LogP contribution is 2.28. The largest absolute Gasteiger partial charge is 0.349 e. The molecule has 0 unspecified atom stereocenters. The molecule has 3 aromatic rings. The number of hydrogen-bond donors (Lipinski definition) is 1. The fourth-order valence-electron chi connectivity index (χ4n) is 2.96. The van der Waals surface area contributed by atoms with E-state index in [2.05, 4.69) is 19.9 Å². The molecule has 7 nitrogen and oxygen atoms in total. The van der Waals surface area contributed by atoms with E-state index in [1.54, 1.807) is 30.6 Å². The first-order valence-corrected chi connectivity index (χ1v) is 10.1. The van der Waals surface area contributed by atoms with E-state index in [0.29, 0.717) is 5.56 Å². The molecule has 0 radical (unpaired) electrons. The van der Waals surface area contributed by atoms with Gasteiger partial charge in [0, 0.05) is 35.4 Å². The SMILES string of the molecule is CC(C)(C)NC(=O)[C@@H](c1ccccc1F)N(Cc1cccnc1)C(=O)c1csnn1. The number of pyridine rings is 1. The number of halogens is 1. The van der Waals surface area contributed by atoms with Crippen LogP contribution in [0.25, 0.3) is 0 Å². The molecule has 1 N–H and O–H groups in total. The van der Waals surface area contributed by atoms with Crippen LogP contribution in [0.5, 0.6) is 0 Å². The lowest BCUT2D eigenvalue weighted by Crippen LogP contribution is -2.49. The molecule has 2 heterocycles. The van der Waals surface area contributed by atoms with Gasteiger partial charge in [-0.15, -0.1) is 5.10 Å². The molecule has 156 valence electrons. The third-order valence-electron chi connectivity index (χ3n) is 4.17. The van der Waals surface area contributed by atoms with E-state index < -0.39 is 29.2 Å². The molecular formula is C21H22FN5O2S. The Balaban J connectivity index is 2.10. The van der Waals surface area contributed by atoms with Crippen molar-refractivity contribution < 1.29 is 14.0 Å². The maximum absolute atomic E-state index is 14.8. The molecule has 9 heteroatoms. The van der Waals surface area contributed by atoms with Gasteiger partial charge in [-0.3, -0.25) is 14.6 Å². The van der Waals surface area contributed by atoms with E-state index in [1.807, 2.05) is 20.8 Å². The first-order valence-electron chi connectivity index (χ1n) is 9.29. The molecule has 0 aliphatic carbocycles. The average molecular weight is 428 g/mol. The number of benzene rings is 1. The lowest BCUT2D eigenvalue weighted by atomic mass is 10.00. The number of rotatable bonds is 6. The number of hydrogen-bond acceptors (Lipinski definition) is 6. The summed E-state index contributed by atoms with van der Waals surface area (Å²) < 4.78 is 18.5. The zero-order valence-electron chi connectivity index (χ0n) is 16.9. The fourth-order valence-corrected chi connectivity index (χ4v) is 3.39. The molecule has 3 rings (SSSR count). The highest BCUT2D eigenvalue weighted by Gasteiger charge is 2.36. The highest BCUT2D eigenvalue weighted by atomic mass is 32.1. The van der Waals surface area contributed by atoms with Gasteiger partial charge in [0.15, 0.2) is 5.69 Å². The Labute approximate surface area is 178 Å². The van der Waals surface area contributed by atoms with Crippen LogP contribution in [0.1, 0.15) is 48.4 Å². The second kappa shape index (κ2) is 9.08. The van der Waals surface area contributed by atoms with Crippen molar-refractivity contribution in [2.24, 2.45) is 0 Å². The van der Waals surface area contributed by atoms with Crippen LogP contribution in [-0.4, -0.2) is 36.8 Å². The summed E-state index contributed by atoms with van der Waals surface area (Å²) in [5, 5.41) is 8.21. The molecule has 0 spiro atoms. The molecule has 2 amide bonds. The fraction of sp³-hybridized carbons (Fsp3) is 0.286. The van der Waals surface area contributed by atoms with Crippen LogP contribution < -0.4 is 5.32 Å². The van der Waals surface area contributed by atoms with Gasteiger partial charge in [0.25, 0.3) is 5.91 Å².